The summed E-state index contributed by atoms with van der Waals surface area (Å²) in [6.45, 7) is 0. The summed E-state index contributed by atoms with van der Waals surface area (Å²) in [4.78, 5) is 62.0. The van der Waals surface area contributed by atoms with Gasteiger partial charge in [0.15, 0.2) is 0 Å². The van der Waals surface area contributed by atoms with Crippen molar-refractivity contribution in [1.29, 1.82) is 0 Å². The first-order valence-electron chi connectivity index (χ1n) is 12.8. The molecule has 0 fully saturated rings. The van der Waals surface area contributed by atoms with E-state index in [0.29, 0.717) is 5.75 Å². The molecule has 40 heavy (non-hydrogen) atoms. The average molecular weight is 573 g/mol. The standard InChI is InChI=1S/C28H36N4O7S/c1-40-15-14-21(30-25(35)20(29)12-13-24(33)34)26(36)31-22(16-18-8-4-2-5-9-18)27(37)32-23(28(38)39)17-19-10-6-3-7-11-19/h2-11,20-23H,12-17,29H2,1H3,(H,30,35)(H,31,36)(H,32,37)(H,33,34)(H,38,39). The lowest BCUT2D eigenvalue weighted by molar-refractivity contribution is -0.142. The minimum absolute atomic E-state index is 0.0502. The van der Waals surface area contributed by atoms with E-state index in [-0.39, 0.29) is 32.1 Å². The molecule has 0 saturated carbocycles. The molecule has 2 rings (SSSR count). The van der Waals surface area contributed by atoms with Crippen molar-refractivity contribution in [2.45, 2.75) is 56.3 Å². The van der Waals surface area contributed by atoms with Crippen LogP contribution >= 0.6 is 11.8 Å². The van der Waals surface area contributed by atoms with Gasteiger partial charge in [-0.3, -0.25) is 19.2 Å². The topological polar surface area (TPSA) is 188 Å². The van der Waals surface area contributed by atoms with Crippen LogP contribution in [-0.4, -0.2) is 76.0 Å². The molecule has 0 heterocycles. The Morgan fingerprint density at radius 3 is 1.70 bits per heavy atom. The number of aliphatic carboxylic acids is 2. The molecular formula is C28H36N4O7S. The van der Waals surface area contributed by atoms with Gasteiger partial charge in [0.25, 0.3) is 0 Å². The number of amides is 3. The molecule has 7 N–H and O–H groups in total. The largest absolute Gasteiger partial charge is 0.481 e. The molecule has 4 atom stereocenters. The zero-order chi connectivity index (χ0) is 29.5. The third kappa shape index (κ3) is 11.5. The minimum Gasteiger partial charge on any atom is -0.481 e. The SMILES string of the molecule is CSCCC(NC(=O)C(N)CCC(=O)O)C(=O)NC(Cc1ccccc1)C(=O)NC(Cc1ccccc1)C(=O)O. The number of rotatable bonds is 17. The normalized spacial score (nSPS) is 13.8. The van der Waals surface area contributed by atoms with E-state index in [1.165, 1.54) is 11.8 Å². The van der Waals surface area contributed by atoms with Crippen LogP contribution in [0.4, 0.5) is 0 Å². The van der Waals surface area contributed by atoms with Crippen LogP contribution < -0.4 is 21.7 Å². The van der Waals surface area contributed by atoms with Gasteiger partial charge in [-0.25, -0.2) is 4.79 Å². The Kier molecular flexibility index (Phi) is 13.7. The van der Waals surface area contributed by atoms with Crippen LogP contribution in [-0.2, 0) is 36.8 Å². The van der Waals surface area contributed by atoms with E-state index in [0.717, 1.165) is 11.1 Å². The van der Waals surface area contributed by atoms with Crippen molar-refractivity contribution in [3.63, 3.8) is 0 Å². The second-order valence-electron chi connectivity index (χ2n) is 9.22. The average Bonchev–Trinajstić information content (AvgIpc) is 2.93. The van der Waals surface area contributed by atoms with Gasteiger partial charge in [0, 0.05) is 19.3 Å². The fourth-order valence-electron chi connectivity index (χ4n) is 3.85. The predicted octanol–water partition coefficient (Wildman–Crippen LogP) is 0.956. The van der Waals surface area contributed by atoms with Crippen LogP contribution in [0, 0.1) is 0 Å². The fraction of sp³-hybridized carbons (Fsp3) is 0.393. The van der Waals surface area contributed by atoms with Crippen LogP contribution in [0.15, 0.2) is 60.7 Å². The molecule has 2 aromatic carbocycles. The van der Waals surface area contributed by atoms with E-state index in [2.05, 4.69) is 16.0 Å². The zero-order valence-electron chi connectivity index (χ0n) is 22.2. The van der Waals surface area contributed by atoms with Crippen molar-refractivity contribution in [3.05, 3.63) is 71.8 Å². The highest BCUT2D eigenvalue weighted by molar-refractivity contribution is 7.98. The summed E-state index contributed by atoms with van der Waals surface area (Å²) >= 11 is 1.45. The molecule has 0 aliphatic heterocycles. The molecule has 11 nitrogen and oxygen atoms in total. The molecule has 0 aromatic heterocycles. The van der Waals surface area contributed by atoms with Crippen molar-refractivity contribution in [2.24, 2.45) is 5.73 Å². The Morgan fingerprint density at radius 2 is 1.20 bits per heavy atom. The van der Waals surface area contributed by atoms with E-state index in [1.54, 1.807) is 60.7 Å². The van der Waals surface area contributed by atoms with Crippen molar-refractivity contribution in [1.82, 2.24) is 16.0 Å². The number of hydrogen-bond donors (Lipinski definition) is 6. The highest BCUT2D eigenvalue weighted by Gasteiger charge is 2.30. The molecule has 12 heteroatoms. The maximum atomic E-state index is 13.3. The van der Waals surface area contributed by atoms with Gasteiger partial charge in [0.2, 0.25) is 17.7 Å². The first-order valence-corrected chi connectivity index (χ1v) is 14.2. The predicted molar refractivity (Wildman–Crippen MR) is 152 cm³/mol. The number of nitrogens with two attached hydrogens (primary N) is 1. The highest BCUT2D eigenvalue weighted by atomic mass is 32.2. The summed E-state index contributed by atoms with van der Waals surface area (Å²) in [6.07, 6.45) is 1.79. The molecule has 0 spiro atoms. The number of carbonyl (C=O) groups is 5. The van der Waals surface area contributed by atoms with Gasteiger partial charge in [-0.2, -0.15) is 11.8 Å². The number of thioether (sulfide) groups is 1. The lowest BCUT2D eigenvalue weighted by Crippen LogP contribution is -2.58. The molecule has 0 saturated heterocycles. The number of carboxylic acid groups (broad SMARTS) is 2. The molecule has 216 valence electrons. The third-order valence-corrected chi connectivity index (χ3v) is 6.71. The smallest absolute Gasteiger partial charge is 0.326 e. The molecule has 0 bridgehead atoms. The van der Waals surface area contributed by atoms with E-state index < -0.39 is 53.8 Å². The quantitative estimate of drug-likeness (QED) is 0.160. The molecule has 3 amide bonds. The molecule has 0 aliphatic rings. The number of carbonyl (C=O) groups excluding carboxylic acids is 3. The van der Waals surface area contributed by atoms with E-state index in [1.807, 2.05) is 6.26 Å². The zero-order valence-corrected chi connectivity index (χ0v) is 23.1. The third-order valence-electron chi connectivity index (χ3n) is 6.06. The summed E-state index contributed by atoms with van der Waals surface area (Å²) in [5.74, 6) is -3.81. The van der Waals surface area contributed by atoms with Gasteiger partial charge in [-0.1, -0.05) is 60.7 Å². The molecule has 0 radical (unpaired) electrons. The minimum atomic E-state index is -1.23. The van der Waals surface area contributed by atoms with Gasteiger partial charge < -0.3 is 31.9 Å². The van der Waals surface area contributed by atoms with E-state index in [4.69, 9.17) is 10.8 Å². The maximum absolute atomic E-state index is 13.3. The van der Waals surface area contributed by atoms with E-state index >= 15 is 0 Å². The lowest BCUT2D eigenvalue weighted by Gasteiger charge is -2.25. The van der Waals surface area contributed by atoms with Gasteiger partial charge >= 0.3 is 11.9 Å². The Morgan fingerprint density at radius 1 is 0.725 bits per heavy atom. The summed E-state index contributed by atoms with van der Waals surface area (Å²) < 4.78 is 0. The van der Waals surface area contributed by atoms with Crippen LogP contribution in [0.2, 0.25) is 0 Å². The number of hydrogen-bond acceptors (Lipinski definition) is 7. The van der Waals surface area contributed by atoms with Crippen molar-refractivity contribution in [3.8, 4) is 0 Å². The van der Waals surface area contributed by atoms with Crippen molar-refractivity contribution < 1.29 is 34.2 Å². The van der Waals surface area contributed by atoms with E-state index in [9.17, 15) is 29.1 Å². The Labute approximate surface area is 237 Å². The second kappa shape index (κ2) is 16.9. The van der Waals surface area contributed by atoms with Crippen molar-refractivity contribution in [2.75, 3.05) is 12.0 Å². The highest BCUT2D eigenvalue weighted by Crippen LogP contribution is 2.09. The lowest BCUT2D eigenvalue weighted by atomic mass is 10.0. The molecule has 4 unspecified atom stereocenters. The summed E-state index contributed by atoms with van der Waals surface area (Å²) in [6, 6.07) is 13.2. The van der Waals surface area contributed by atoms with Gasteiger partial charge in [-0.05, 0) is 36.0 Å². The van der Waals surface area contributed by atoms with Crippen LogP contribution in [0.5, 0.6) is 0 Å². The maximum Gasteiger partial charge on any atom is 0.326 e. The summed E-state index contributed by atoms with van der Waals surface area (Å²) in [5, 5.41) is 26.4. The van der Waals surface area contributed by atoms with Gasteiger partial charge in [0.1, 0.15) is 18.1 Å². The van der Waals surface area contributed by atoms with Crippen LogP contribution in [0.3, 0.4) is 0 Å². The summed E-state index contributed by atoms with van der Waals surface area (Å²) in [7, 11) is 0. The first kappa shape index (κ1) is 32.3. The summed E-state index contributed by atoms with van der Waals surface area (Å²) in [5.41, 5.74) is 7.26. The fourth-order valence-corrected chi connectivity index (χ4v) is 4.32. The second-order valence-corrected chi connectivity index (χ2v) is 10.2. The Bertz CT molecular complexity index is 1130. The Balaban J connectivity index is 2.21. The Hall–Kier alpha value is -3.90. The molecule has 0 aliphatic carbocycles. The molecular weight excluding hydrogens is 536 g/mol. The number of nitrogens with one attached hydrogen (secondary N) is 3. The van der Waals surface area contributed by atoms with Crippen LogP contribution in [0.1, 0.15) is 30.4 Å². The number of carboxylic acids is 2. The monoisotopic (exact) mass is 572 g/mol. The van der Waals surface area contributed by atoms with Gasteiger partial charge in [0.05, 0.1) is 6.04 Å². The van der Waals surface area contributed by atoms with Crippen molar-refractivity contribution >= 4 is 41.4 Å². The van der Waals surface area contributed by atoms with Gasteiger partial charge in [-0.15, -0.1) is 0 Å². The number of benzene rings is 2. The first-order chi connectivity index (χ1) is 19.1. The molecule has 2 aromatic rings. The van der Waals surface area contributed by atoms with Crippen LogP contribution in [0.25, 0.3) is 0 Å².